The Bertz CT molecular complexity index is 402. The molecule has 0 radical (unpaired) electrons. The van der Waals surface area contributed by atoms with Crippen LogP contribution in [0, 0.1) is 17.8 Å². The summed E-state index contributed by atoms with van der Waals surface area (Å²) in [6.07, 6.45) is 15.9. The average Bonchev–Trinajstić information content (AvgIpc) is 2.76. The molecule has 5 rings (SSSR count). The van der Waals surface area contributed by atoms with Crippen molar-refractivity contribution in [1.82, 2.24) is 4.57 Å². The minimum atomic E-state index is 0. The lowest BCUT2D eigenvalue weighted by molar-refractivity contribution is -0.693. The highest BCUT2D eigenvalue weighted by Gasteiger charge is 2.54. The van der Waals surface area contributed by atoms with E-state index in [1.54, 1.807) is 0 Å². The van der Waals surface area contributed by atoms with E-state index in [1.165, 1.54) is 38.5 Å². The summed E-state index contributed by atoms with van der Waals surface area (Å²) in [6, 6.07) is 0. The quantitative estimate of drug-likeness (QED) is 0.508. The van der Waals surface area contributed by atoms with E-state index in [1.807, 2.05) is 0 Å². The van der Waals surface area contributed by atoms with Gasteiger partial charge in [-0.25, -0.2) is 9.13 Å². The van der Waals surface area contributed by atoms with Gasteiger partial charge < -0.3 is 24.0 Å². The van der Waals surface area contributed by atoms with Crippen LogP contribution in [-0.2, 0) is 12.1 Å². The number of aryl methyl sites for hydroxylation is 1. The van der Waals surface area contributed by atoms with Crippen LogP contribution in [0.3, 0.4) is 0 Å². The summed E-state index contributed by atoms with van der Waals surface area (Å²) in [6.45, 7) is 3.32. The molecular weight excluding hydrogens is 335 g/mol. The molecule has 0 unspecified atom stereocenters. The maximum atomic E-state index is 2.57. The van der Waals surface area contributed by atoms with E-state index in [9.17, 15) is 0 Å². The van der Waals surface area contributed by atoms with Crippen LogP contribution in [0.15, 0.2) is 18.7 Å². The van der Waals surface area contributed by atoms with Crippen molar-refractivity contribution < 1.29 is 28.5 Å². The van der Waals surface area contributed by atoms with Crippen molar-refractivity contribution in [3.05, 3.63) is 18.7 Å². The number of nitrogens with zero attached hydrogens (tertiary/aromatic N) is 2. The molecule has 4 saturated carbocycles. The van der Waals surface area contributed by atoms with E-state index in [2.05, 4.69) is 34.8 Å². The molecule has 4 fully saturated rings. The fraction of sp³-hybridized carbons (Fsp3) is 0.800. The van der Waals surface area contributed by atoms with Gasteiger partial charge in [-0.1, -0.05) is 0 Å². The third kappa shape index (κ3) is 1.84. The fourth-order valence-electron chi connectivity index (χ4n) is 5.24. The highest BCUT2D eigenvalue weighted by molar-refractivity contribution is 5.05. The van der Waals surface area contributed by atoms with Gasteiger partial charge in [0.15, 0.2) is 0 Å². The Morgan fingerprint density at radius 3 is 2.11 bits per heavy atom. The molecule has 4 bridgehead atoms. The van der Waals surface area contributed by atoms with Crippen molar-refractivity contribution in [1.29, 1.82) is 0 Å². The van der Waals surface area contributed by atoms with E-state index in [0.717, 1.165) is 24.3 Å². The maximum absolute atomic E-state index is 2.57. The largest absolute Gasteiger partial charge is 1.00 e. The second-order valence-electron chi connectivity index (χ2n) is 6.79. The van der Waals surface area contributed by atoms with Gasteiger partial charge in [0.2, 0.25) is 6.33 Å². The summed E-state index contributed by atoms with van der Waals surface area (Å²) >= 11 is 0. The maximum Gasteiger partial charge on any atom is 0.244 e. The van der Waals surface area contributed by atoms with Gasteiger partial charge in [0, 0.05) is 0 Å². The Labute approximate surface area is 127 Å². The third-order valence-corrected chi connectivity index (χ3v) is 5.61. The molecule has 18 heavy (non-hydrogen) atoms. The summed E-state index contributed by atoms with van der Waals surface area (Å²) in [5, 5.41) is 0. The Kier molecular flexibility index (Phi) is 3.23. The van der Waals surface area contributed by atoms with Gasteiger partial charge in [-0.3, -0.25) is 0 Å². The molecule has 1 aromatic heterocycles. The third-order valence-electron chi connectivity index (χ3n) is 5.61. The second-order valence-corrected chi connectivity index (χ2v) is 6.79. The monoisotopic (exact) mass is 358 g/mol. The van der Waals surface area contributed by atoms with Crippen LogP contribution in [-0.4, -0.2) is 4.57 Å². The van der Waals surface area contributed by atoms with Crippen molar-refractivity contribution in [2.45, 2.75) is 57.5 Å². The minimum Gasteiger partial charge on any atom is -1.00 e. The van der Waals surface area contributed by atoms with Gasteiger partial charge in [0.05, 0.1) is 6.54 Å². The number of aromatic nitrogens is 2. The topological polar surface area (TPSA) is 8.81 Å². The van der Waals surface area contributed by atoms with Crippen molar-refractivity contribution >= 4 is 0 Å². The molecule has 100 valence electrons. The fourth-order valence-corrected chi connectivity index (χ4v) is 5.24. The predicted octanol–water partition coefficient (Wildman–Crippen LogP) is -0.275. The van der Waals surface area contributed by atoms with Gasteiger partial charge in [0.25, 0.3) is 0 Å². The summed E-state index contributed by atoms with van der Waals surface area (Å²) in [7, 11) is 0. The van der Waals surface area contributed by atoms with Gasteiger partial charge in [0.1, 0.15) is 17.9 Å². The lowest BCUT2D eigenvalue weighted by atomic mass is 9.53. The van der Waals surface area contributed by atoms with Crippen molar-refractivity contribution in [2.24, 2.45) is 17.8 Å². The zero-order valence-corrected chi connectivity index (χ0v) is 13.3. The van der Waals surface area contributed by atoms with Crippen LogP contribution < -0.4 is 28.5 Å². The summed E-state index contributed by atoms with van der Waals surface area (Å²) in [4.78, 5) is 0. The van der Waals surface area contributed by atoms with Crippen LogP contribution in [0.5, 0.6) is 0 Å². The number of hydrogen-bond acceptors (Lipinski definition) is 0. The van der Waals surface area contributed by atoms with Crippen molar-refractivity contribution in [2.75, 3.05) is 0 Å². The molecule has 0 aliphatic heterocycles. The zero-order valence-electron chi connectivity index (χ0n) is 11.2. The van der Waals surface area contributed by atoms with Crippen LogP contribution >= 0.6 is 0 Å². The summed E-state index contributed by atoms with van der Waals surface area (Å²) < 4.78 is 4.89. The molecule has 0 aromatic carbocycles. The Morgan fingerprint density at radius 1 is 1.11 bits per heavy atom. The number of rotatable bonds is 2. The first-order valence-electron chi connectivity index (χ1n) is 7.35. The molecule has 0 N–H and O–H groups in total. The summed E-state index contributed by atoms with van der Waals surface area (Å²) in [5.41, 5.74) is 0.509. The number of hydrogen-bond donors (Lipinski definition) is 0. The number of imidazole rings is 1. The Balaban J connectivity index is 0.000001000. The second kappa shape index (κ2) is 4.50. The SMILES string of the molecule is CC[n+]1ccn(C23CC4CC(CC(C4)C2)C3)c1.[I-]. The molecule has 0 saturated heterocycles. The van der Waals surface area contributed by atoms with E-state index in [4.69, 9.17) is 0 Å². The van der Waals surface area contributed by atoms with E-state index < -0.39 is 0 Å². The van der Waals surface area contributed by atoms with Gasteiger partial charge in [-0.05, 0) is 63.2 Å². The summed E-state index contributed by atoms with van der Waals surface area (Å²) in [5.74, 6) is 3.12. The van der Waals surface area contributed by atoms with Crippen molar-refractivity contribution in [3.8, 4) is 0 Å². The van der Waals surface area contributed by atoms with E-state index in [0.29, 0.717) is 5.54 Å². The molecule has 1 aromatic rings. The number of halogens is 1. The standard InChI is InChI=1S/C15H23N2.HI/c1-2-16-3-4-17(11-16)15-8-12-5-13(9-15)7-14(6-12)10-15;/h3-4,11-14H,2,5-10H2,1H3;1H/q+1;/p-1. The van der Waals surface area contributed by atoms with Crippen LogP contribution in [0.2, 0.25) is 0 Å². The highest BCUT2D eigenvalue weighted by atomic mass is 127. The first-order chi connectivity index (χ1) is 8.27. The average molecular weight is 358 g/mol. The van der Waals surface area contributed by atoms with Crippen LogP contribution in [0.4, 0.5) is 0 Å². The van der Waals surface area contributed by atoms with Crippen LogP contribution in [0.25, 0.3) is 0 Å². The normalized spacial score (nSPS) is 40.8. The van der Waals surface area contributed by atoms with Gasteiger partial charge in [-0.15, -0.1) is 0 Å². The molecule has 4 aliphatic carbocycles. The predicted molar refractivity (Wildman–Crippen MR) is 66.4 cm³/mol. The minimum absolute atomic E-state index is 0. The van der Waals surface area contributed by atoms with Crippen LogP contribution in [0.1, 0.15) is 45.4 Å². The Hall–Kier alpha value is -0.0600. The smallest absolute Gasteiger partial charge is 0.244 e. The van der Waals surface area contributed by atoms with E-state index >= 15 is 0 Å². The molecule has 0 amide bonds. The van der Waals surface area contributed by atoms with Gasteiger partial charge >= 0.3 is 0 Å². The zero-order chi connectivity index (χ0) is 11.5. The Morgan fingerprint density at radius 2 is 1.67 bits per heavy atom. The van der Waals surface area contributed by atoms with Gasteiger partial charge in [-0.2, -0.15) is 0 Å². The lowest BCUT2D eigenvalue weighted by Gasteiger charge is -2.54. The molecule has 0 atom stereocenters. The molecule has 3 heteroatoms. The van der Waals surface area contributed by atoms with Crippen molar-refractivity contribution in [3.63, 3.8) is 0 Å². The lowest BCUT2D eigenvalue weighted by Crippen LogP contribution is -3.00. The molecule has 2 nitrogen and oxygen atoms in total. The molecule has 4 aliphatic rings. The molecular formula is C15H23IN2. The first-order valence-corrected chi connectivity index (χ1v) is 7.35. The first kappa shape index (κ1) is 12.9. The molecule has 0 spiro atoms. The van der Waals surface area contributed by atoms with E-state index in [-0.39, 0.29) is 24.0 Å². The molecule has 1 heterocycles. The highest BCUT2D eigenvalue weighted by Crippen LogP contribution is 2.58.